The first-order chi connectivity index (χ1) is 34.3. The Kier molecular flexibility index (Phi) is 12.3. The van der Waals surface area contributed by atoms with Crippen LogP contribution < -0.4 is 0 Å². The van der Waals surface area contributed by atoms with Crippen molar-refractivity contribution in [3.05, 3.63) is 204 Å². The number of aromatic nitrogens is 3. The molecular weight excluding hydrogens is 1070 g/mol. The predicted molar refractivity (Wildman–Crippen MR) is 301 cm³/mol. The summed E-state index contributed by atoms with van der Waals surface area (Å²) in [5.41, 5.74) is 15.1. The van der Waals surface area contributed by atoms with Crippen molar-refractivity contribution in [3.8, 4) is 56.3 Å². The van der Waals surface area contributed by atoms with Gasteiger partial charge in [0.15, 0.2) is 0 Å². The van der Waals surface area contributed by atoms with E-state index >= 15 is 0 Å². The average molecular weight is 1140 g/mol. The van der Waals surface area contributed by atoms with E-state index < -0.39 is 5.41 Å². The zero-order valence-corrected chi connectivity index (χ0v) is 46.0. The van der Waals surface area contributed by atoms with E-state index in [1.165, 1.54) is 11.1 Å². The fourth-order valence-corrected chi connectivity index (χ4v) is 10.5. The molecule has 0 radical (unpaired) electrons. The molecule has 0 unspecified atom stereocenters. The Labute approximate surface area is 444 Å². The molecule has 8 aromatic carbocycles. The summed E-state index contributed by atoms with van der Waals surface area (Å²) in [6.45, 7) is 24.6. The molecule has 368 valence electrons. The summed E-state index contributed by atoms with van der Waals surface area (Å²) >= 11 is 0. The van der Waals surface area contributed by atoms with Gasteiger partial charge in [-0.05, 0) is 85.7 Å². The van der Waals surface area contributed by atoms with E-state index in [1.807, 2.05) is 12.3 Å². The zero-order chi connectivity index (χ0) is 50.5. The van der Waals surface area contributed by atoms with Crippen LogP contribution in [0.15, 0.2) is 174 Å². The molecule has 0 bridgehead atoms. The van der Waals surface area contributed by atoms with Gasteiger partial charge in [0.1, 0.15) is 22.7 Å². The van der Waals surface area contributed by atoms with Gasteiger partial charge in [-0.3, -0.25) is 9.55 Å². The number of hydrogen-bond donors (Lipinski definition) is 1. The number of benzene rings is 8. The van der Waals surface area contributed by atoms with E-state index in [0.717, 1.165) is 99.6 Å². The van der Waals surface area contributed by atoms with E-state index in [1.54, 1.807) is 0 Å². The number of fused-ring (bicyclic) bond motifs is 6. The van der Waals surface area contributed by atoms with Gasteiger partial charge in [0.25, 0.3) is 0 Å². The van der Waals surface area contributed by atoms with Crippen LogP contribution in [0.2, 0.25) is 0 Å². The number of rotatable bonds is 7. The summed E-state index contributed by atoms with van der Waals surface area (Å²) in [5.74, 6) is 0.900. The summed E-state index contributed by atoms with van der Waals surface area (Å²) in [6, 6.07) is 62.1. The van der Waals surface area contributed by atoms with E-state index in [4.69, 9.17) is 14.4 Å². The van der Waals surface area contributed by atoms with Crippen LogP contribution in [-0.2, 0) is 42.7 Å². The molecule has 73 heavy (non-hydrogen) atoms. The van der Waals surface area contributed by atoms with Gasteiger partial charge >= 0.3 is 0 Å². The first-order valence-corrected chi connectivity index (χ1v) is 25.2. The van der Waals surface area contributed by atoms with Crippen LogP contribution in [-0.4, -0.2) is 19.6 Å². The monoisotopic (exact) mass is 1140 g/mol. The Hall–Kier alpha value is -7.07. The SMILES string of the molecule is CC(C)(C)c1ccc(-n2c(-c3cc(C(C)(C)C)cc(C(C)(C)C)c3O)nc3c(-c4[c-]c(-c5nccc6oc7ccc8ccccc8c7c56)cc(C(C)(C)c5ccccc5)c4)cccc32)c(-c2ccccc2)c1.[Pt]. The van der Waals surface area contributed by atoms with E-state index in [-0.39, 0.29) is 43.1 Å². The summed E-state index contributed by atoms with van der Waals surface area (Å²) in [5, 5.41) is 17.0. The molecule has 0 aliphatic carbocycles. The van der Waals surface area contributed by atoms with E-state index in [0.29, 0.717) is 11.4 Å². The molecule has 3 heterocycles. The van der Waals surface area contributed by atoms with E-state index in [2.05, 4.69) is 245 Å². The summed E-state index contributed by atoms with van der Waals surface area (Å²) in [4.78, 5) is 11.0. The number of pyridine rings is 1. The second-order valence-corrected chi connectivity index (χ2v) is 23.2. The first kappa shape index (κ1) is 49.5. The van der Waals surface area contributed by atoms with Crippen molar-refractivity contribution in [1.82, 2.24) is 14.5 Å². The van der Waals surface area contributed by atoms with Crippen molar-refractivity contribution in [2.45, 2.75) is 97.8 Å². The topological polar surface area (TPSA) is 64.1 Å². The maximum absolute atomic E-state index is 12.7. The molecule has 0 fully saturated rings. The largest absolute Gasteiger partial charge is 0.507 e. The molecule has 0 amide bonds. The Morgan fingerprint density at radius 3 is 1.89 bits per heavy atom. The molecule has 11 aromatic rings. The Morgan fingerprint density at radius 1 is 0.521 bits per heavy atom. The minimum atomic E-state index is -0.417. The molecule has 0 spiro atoms. The van der Waals surface area contributed by atoms with Crippen molar-refractivity contribution in [2.24, 2.45) is 0 Å². The van der Waals surface area contributed by atoms with Gasteiger partial charge in [-0.2, -0.15) is 0 Å². The standard InChI is InChI=1S/C67H62N3O2.Pt/c1-64(2,3)46-30-31-54(51(38-46)41-21-14-12-15-22-41)70-55-28-20-27-50(61(55)69-63(70)52-39-47(65(4,5)6)40-53(62(52)71)66(7,8)9)43-35-44(37-48(36-43)67(10,11)45-24-16-13-17-25-45)60-59-57(33-34-68-60)72-56-32-29-42-23-18-19-26-49(42)58(56)59;/h12-34,36-40,71H,1-11H3;/q-1;. The summed E-state index contributed by atoms with van der Waals surface area (Å²) in [7, 11) is 0. The molecule has 3 aromatic heterocycles. The predicted octanol–water partition coefficient (Wildman–Crippen LogP) is 17.9. The molecule has 6 heteroatoms. The molecular formula is C67H62N3O2Pt-. The minimum absolute atomic E-state index is 0. The fourth-order valence-electron chi connectivity index (χ4n) is 10.5. The normalized spacial score (nSPS) is 12.5. The number of hydrogen-bond acceptors (Lipinski definition) is 4. The molecule has 11 rings (SSSR count). The first-order valence-electron chi connectivity index (χ1n) is 25.2. The molecule has 0 saturated carbocycles. The van der Waals surface area contributed by atoms with Crippen molar-refractivity contribution < 1.29 is 30.6 Å². The Balaban J connectivity index is 0.00000611. The molecule has 0 saturated heterocycles. The number of phenols is 1. The molecule has 0 atom stereocenters. The van der Waals surface area contributed by atoms with Gasteiger partial charge in [0.2, 0.25) is 0 Å². The Bertz CT molecular complexity index is 3900. The summed E-state index contributed by atoms with van der Waals surface area (Å²) in [6.07, 6.45) is 1.85. The minimum Gasteiger partial charge on any atom is -0.507 e. The Morgan fingerprint density at radius 2 is 1.18 bits per heavy atom. The second kappa shape index (κ2) is 18.1. The zero-order valence-electron chi connectivity index (χ0n) is 43.7. The van der Waals surface area contributed by atoms with Gasteiger partial charge < -0.3 is 9.52 Å². The molecule has 1 N–H and O–H groups in total. The van der Waals surface area contributed by atoms with Crippen LogP contribution in [0.5, 0.6) is 5.75 Å². The number of para-hydroxylation sites is 1. The number of furan rings is 1. The number of imidazole rings is 1. The maximum Gasteiger partial charge on any atom is 0.148 e. The van der Waals surface area contributed by atoms with Gasteiger partial charge in [0, 0.05) is 60.3 Å². The third-order valence-electron chi connectivity index (χ3n) is 14.8. The van der Waals surface area contributed by atoms with Gasteiger partial charge in [-0.1, -0.05) is 203 Å². The van der Waals surface area contributed by atoms with Gasteiger partial charge in [-0.25, -0.2) is 4.98 Å². The molecule has 0 aliphatic heterocycles. The van der Waals surface area contributed by atoms with Gasteiger partial charge in [0.05, 0.1) is 22.3 Å². The van der Waals surface area contributed by atoms with Crippen LogP contribution in [0.4, 0.5) is 0 Å². The van der Waals surface area contributed by atoms with Crippen LogP contribution in [0.25, 0.3) is 94.3 Å². The number of nitrogens with zero attached hydrogens (tertiary/aromatic N) is 3. The van der Waals surface area contributed by atoms with Gasteiger partial charge in [-0.15, -0.1) is 29.3 Å². The quantitative estimate of drug-likeness (QED) is 0.162. The second-order valence-electron chi connectivity index (χ2n) is 23.2. The van der Waals surface area contributed by atoms with Crippen molar-refractivity contribution in [3.63, 3.8) is 0 Å². The third-order valence-corrected chi connectivity index (χ3v) is 14.8. The van der Waals surface area contributed by atoms with Crippen molar-refractivity contribution in [1.29, 1.82) is 0 Å². The van der Waals surface area contributed by atoms with Crippen molar-refractivity contribution >= 4 is 43.7 Å². The van der Waals surface area contributed by atoms with Crippen molar-refractivity contribution in [2.75, 3.05) is 0 Å². The number of aromatic hydroxyl groups is 1. The maximum atomic E-state index is 12.7. The number of phenolic OH excluding ortho intramolecular Hbond substituents is 1. The van der Waals surface area contributed by atoms with Crippen LogP contribution >= 0.6 is 0 Å². The smallest absolute Gasteiger partial charge is 0.148 e. The molecule has 0 aliphatic rings. The van der Waals surface area contributed by atoms with Crippen LogP contribution in [0.1, 0.15) is 104 Å². The average Bonchev–Trinajstić information content (AvgIpc) is 3.95. The van der Waals surface area contributed by atoms with Crippen LogP contribution in [0.3, 0.4) is 0 Å². The molecule has 5 nitrogen and oxygen atoms in total. The third kappa shape index (κ3) is 8.70. The van der Waals surface area contributed by atoms with Crippen LogP contribution in [0, 0.1) is 6.07 Å². The fraction of sp³-hybridized carbons (Fsp3) is 0.224. The van der Waals surface area contributed by atoms with E-state index in [9.17, 15) is 5.11 Å². The summed E-state index contributed by atoms with van der Waals surface area (Å²) < 4.78 is 8.89.